The Bertz CT molecular complexity index is 669. The van der Waals surface area contributed by atoms with E-state index in [0.29, 0.717) is 12.2 Å². The van der Waals surface area contributed by atoms with E-state index < -0.39 is 0 Å². The molecule has 2 heterocycles. The van der Waals surface area contributed by atoms with Crippen LogP contribution in [0, 0.1) is 0 Å². The van der Waals surface area contributed by atoms with E-state index in [-0.39, 0.29) is 11.9 Å². The molecule has 0 saturated heterocycles. The van der Waals surface area contributed by atoms with Crippen molar-refractivity contribution in [1.29, 1.82) is 0 Å². The summed E-state index contributed by atoms with van der Waals surface area (Å²) in [7, 11) is 0. The first-order chi connectivity index (χ1) is 8.24. The molecule has 0 saturated carbocycles. The monoisotopic (exact) mass is 229 g/mol. The molecule has 5 nitrogen and oxygen atoms in total. The average molecular weight is 229 g/mol. The number of nitrogens with zero attached hydrogens (tertiary/aromatic N) is 1. The Morgan fingerprint density at radius 3 is 2.94 bits per heavy atom. The number of nitrogens with one attached hydrogen (secondary N) is 1. The number of fused-ring (bicyclic) bond motifs is 1. The second kappa shape index (κ2) is 3.55. The smallest absolute Gasteiger partial charge is 0.295 e. The van der Waals surface area contributed by atoms with Crippen molar-refractivity contribution in [3.05, 3.63) is 41.8 Å². The molecule has 0 aliphatic heterocycles. The summed E-state index contributed by atoms with van der Waals surface area (Å²) >= 11 is 0. The number of rotatable bonds is 2. The molecular formula is C12H11N3O2. The van der Waals surface area contributed by atoms with E-state index in [4.69, 9.17) is 10.2 Å². The summed E-state index contributed by atoms with van der Waals surface area (Å²) in [5.41, 5.74) is 7.46. The third-order valence-electron chi connectivity index (χ3n) is 2.72. The Morgan fingerprint density at radius 1 is 1.35 bits per heavy atom. The number of oxazole rings is 1. The van der Waals surface area contributed by atoms with Crippen LogP contribution in [0.25, 0.3) is 10.9 Å². The molecule has 0 aliphatic rings. The van der Waals surface area contributed by atoms with Crippen LogP contribution in [0.1, 0.15) is 11.3 Å². The van der Waals surface area contributed by atoms with Crippen LogP contribution < -0.4 is 5.73 Å². The van der Waals surface area contributed by atoms with Gasteiger partial charge in [0.25, 0.3) is 11.9 Å². The minimum Gasteiger partial charge on any atom is -0.491 e. The zero-order chi connectivity index (χ0) is 11.8. The number of H-pyrrole nitrogens is 1. The van der Waals surface area contributed by atoms with Crippen LogP contribution in [0.15, 0.2) is 34.9 Å². The SMILES string of the molecule is Nc1nc(O)c(Cc2c[nH]c3ccccc23)o1. The molecule has 0 unspecified atom stereocenters. The third-order valence-corrected chi connectivity index (χ3v) is 2.72. The molecule has 2 aromatic heterocycles. The standard InChI is InChI=1S/C12H11N3O2/c13-12-15-11(16)10(17-12)5-7-6-14-9-4-2-1-3-8(7)9/h1-4,6,14,16H,5H2,(H2,13,15). The van der Waals surface area contributed by atoms with Crippen LogP contribution in [-0.4, -0.2) is 15.1 Å². The van der Waals surface area contributed by atoms with Gasteiger partial charge in [0, 0.05) is 23.5 Å². The summed E-state index contributed by atoms with van der Waals surface area (Å²) < 4.78 is 5.14. The van der Waals surface area contributed by atoms with Gasteiger partial charge >= 0.3 is 0 Å². The first kappa shape index (κ1) is 9.77. The third kappa shape index (κ3) is 1.61. The zero-order valence-electron chi connectivity index (χ0n) is 8.97. The molecular weight excluding hydrogens is 218 g/mol. The number of para-hydroxylation sites is 1. The van der Waals surface area contributed by atoms with E-state index >= 15 is 0 Å². The summed E-state index contributed by atoms with van der Waals surface area (Å²) in [5, 5.41) is 10.6. The van der Waals surface area contributed by atoms with Crippen LogP contribution in [0.3, 0.4) is 0 Å². The number of hydrogen-bond donors (Lipinski definition) is 3. The van der Waals surface area contributed by atoms with Crippen molar-refractivity contribution >= 4 is 16.9 Å². The highest BCUT2D eigenvalue weighted by molar-refractivity contribution is 5.83. The molecule has 3 rings (SSSR count). The first-order valence-electron chi connectivity index (χ1n) is 5.23. The van der Waals surface area contributed by atoms with Crippen molar-refractivity contribution in [2.45, 2.75) is 6.42 Å². The fraction of sp³-hybridized carbons (Fsp3) is 0.0833. The fourth-order valence-corrected chi connectivity index (χ4v) is 1.93. The Kier molecular flexibility index (Phi) is 2.04. The first-order valence-corrected chi connectivity index (χ1v) is 5.23. The van der Waals surface area contributed by atoms with Crippen molar-refractivity contribution in [2.75, 3.05) is 5.73 Å². The van der Waals surface area contributed by atoms with Crippen LogP contribution in [0.2, 0.25) is 0 Å². The summed E-state index contributed by atoms with van der Waals surface area (Å²) in [5.74, 6) is 0.236. The Hall–Kier alpha value is -2.43. The number of nitrogen functional groups attached to an aromatic ring is 1. The van der Waals surface area contributed by atoms with Crippen LogP contribution >= 0.6 is 0 Å². The molecule has 0 aliphatic carbocycles. The highest BCUT2D eigenvalue weighted by Crippen LogP contribution is 2.26. The molecule has 0 spiro atoms. The van der Waals surface area contributed by atoms with Gasteiger partial charge in [-0.15, -0.1) is 0 Å². The number of aromatic nitrogens is 2. The van der Waals surface area contributed by atoms with Crippen molar-refractivity contribution in [3.8, 4) is 5.88 Å². The minimum absolute atomic E-state index is 0.0164. The molecule has 3 aromatic rings. The largest absolute Gasteiger partial charge is 0.491 e. The quantitative estimate of drug-likeness (QED) is 0.627. The number of anilines is 1. The van der Waals surface area contributed by atoms with E-state index in [1.54, 1.807) is 0 Å². The van der Waals surface area contributed by atoms with Gasteiger partial charge in [0.15, 0.2) is 5.76 Å². The Labute approximate surface area is 96.9 Å². The molecule has 5 heteroatoms. The van der Waals surface area contributed by atoms with Gasteiger partial charge in [-0.2, -0.15) is 4.98 Å². The number of nitrogens with two attached hydrogens (primary N) is 1. The van der Waals surface area contributed by atoms with Gasteiger partial charge in [-0.25, -0.2) is 0 Å². The van der Waals surface area contributed by atoms with Gasteiger partial charge in [0.2, 0.25) is 0 Å². The Morgan fingerprint density at radius 2 is 2.18 bits per heavy atom. The normalized spacial score (nSPS) is 11.1. The lowest BCUT2D eigenvalue weighted by molar-refractivity contribution is 0.432. The molecule has 17 heavy (non-hydrogen) atoms. The second-order valence-electron chi connectivity index (χ2n) is 3.84. The lowest BCUT2D eigenvalue weighted by Crippen LogP contribution is -1.84. The van der Waals surface area contributed by atoms with E-state index in [1.165, 1.54) is 0 Å². The highest BCUT2D eigenvalue weighted by atomic mass is 16.4. The number of aromatic amines is 1. The highest BCUT2D eigenvalue weighted by Gasteiger charge is 2.13. The topological polar surface area (TPSA) is 88.1 Å². The molecule has 1 aromatic carbocycles. The maximum atomic E-state index is 9.51. The molecule has 0 amide bonds. The van der Waals surface area contributed by atoms with Gasteiger partial charge in [0.05, 0.1) is 0 Å². The predicted molar refractivity (Wildman–Crippen MR) is 63.7 cm³/mol. The zero-order valence-corrected chi connectivity index (χ0v) is 8.97. The van der Waals surface area contributed by atoms with Crippen molar-refractivity contribution in [2.24, 2.45) is 0 Å². The summed E-state index contributed by atoms with van der Waals surface area (Å²) in [6.45, 7) is 0. The van der Waals surface area contributed by atoms with Crippen LogP contribution in [0.4, 0.5) is 6.01 Å². The molecule has 4 N–H and O–H groups in total. The van der Waals surface area contributed by atoms with E-state index in [2.05, 4.69) is 9.97 Å². The van der Waals surface area contributed by atoms with Gasteiger partial charge in [-0.05, 0) is 11.6 Å². The molecule has 0 fully saturated rings. The maximum Gasteiger partial charge on any atom is 0.295 e. The molecule has 0 bridgehead atoms. The minimum atomic E-state index is -0.146. The lowest BCUT2D eigenvalue weighted by atomic mass is 10.1. The van der Waals surface area contributed by atoms with Gasteiger partial charge in [0.1, 0.15) is 0 Å². The van der Waals surface area contributed by atoms with E-state index in [0.717, 1.165) is 16.5 Å². The second-order valence-corrected chi connectivity index (χ2v) is 3.84. The summed E-state index contributed by atoms with van der Waals surface area (Å²) in [6.07, 6.45) is 2.35. The van der Waals surface area contributed by atoms with Crippen LogP contribution in [0.5, 0.6) is 5.88 Å². The fourth-order valence-electron chi connectivity index (χ4n) is 1.93. The van der Waals surface area contributed by atoms with Gasteiger partial charge in [-0.3, -0.25) is 0 Å². The average Bonchev–Trinajstić information content (AvgIpc) is 2.85. The number of benzene rings is 1. The summed E-state index contributed by atoms with van der Waals surface area (Å²) in [4.78, 5) is 6.79. The molecule has 86 valence electrons. The predicted octanol–water partition coefficient (Wildman–Crippen LogP) is 2.03. The van der Waals surface area contributed by atoms with Gasteiger partial charge in [-0.1, -0.05) is 18.2 Å². The van der Waals surface area contributed by atoms with Crippen LogP contribution in [-0.2, 0) is 6.42 Å². The van der Waals surface area contributed by atoms with Gasteiger partial charge < -0.3 is 20.2 Å². The van der Waals surface area contributed by atoms with Crippen molar-refractivity contribution < 1.29 is 9.52 Å². The Balaban J connectivity index is 2.03. The molecule has 0 atom stereocenters. The van der Waals surface area contributed by atoms with E-state index in [9.17, 15) is 5.11 Å². The summed E-state index contributed by atoms with van der Waals surface area (Å²) in [6, 6.07) is 7.92. The number of hydrogen-bond acceptors (Lipinski definition) is 4. The molecule has 0 radical (unpaired) electrons. The van der Waals surface area contributed by atoms with E-state index in [1.807, 2.05) is 30.5 Å². The maximum absolute atomic E-state index is 9.51. The van der Waals surface area contributed by atoms with Crippen molar-refractivity contribution in [1.82, 2.24) is 9.97 Å². The van der Waals surface area contributed by atoms with Crippen molar-refractivity contribution in [3.63, 3.8) is 0 Å². The lowest BCUT2D eigenvalue weighted by Gasteiger charge is -1.96. The number of aromatic hydroxyl groups is 1.